The second-order valence-electron chi connectivity index (χ2n) is 12.2. The van der Waals surface area contributed by atoms with Crippen LogP contribution in [0.2, 0.25) is 5.02 Å². The fourth-order valence-electron chi connectivity index (χ4n) is 5.95. The van der Waals surface area contributed by atoms with Crippen molar-refractivity contribution in [3.8, 4) is 16.9 Å². The normalized spacial score (nSPS) is 17.0. The van der Waals surface area contributed by atoms with Crippen LogP contribution in [0.25, 0.3) is 28.0 Å². The Morgan fingerprint density at radius 3 is 2.27 bits per heavy atom. The quantitative estimate of drug-likeness (QED) is 0.216. The van der Waals surface area contributed by atoms with E-state index in [1.165, 1.54) is 16.7 Å². The summed E-state index contributed by atoms with van der Waals surface area (Å²) in [6, 6.07) is 7.60. The highest BCUT2D eigenvalue weighted by Gasteiger charge is 2.34. The Morgan fingerprint density at radius 2 is 1.69 bits per heavy atom. The van der Waals surface area contributed by atoms with Gasteiger partial charge < -0.3 is 9.80 Å². The number of benzene rings is 1. The van der Waals surface area contributed by atoms with Crippen molar-refractivity contribution in [1.29, 1.82) is 0 Å². The van der Waals surface area contributed by atoms with Crippen LogP contribution in [0.15, 0.2) is 47.8 Å². The van der Waals surface area contributed by atoms with Gasteiger partial charge in [0.1, 0.15) is 17.5 Å². The fourth-order valence-corrected chi connectivity index (χ4v) is 6.20. The number of aromatic nitrogens is 5. The van der Waals surface area contributed by atoms with E-state index in [4.69, 9.17) is 26.6 Å². The van der Waals surface area contributed by atoms with Gasteiger partial charge in [-0.25, -0.2) is 28.7 Å². The molecule has 2 atom stereocenters. The number of aryl methyl sites for hydroxylation is 1. The highest BCUT2D eigenvalue weighted by atomic mass is 35.5. The van der Waals surface area contributed by atoms with Gasteiger partial charge in [0.05, 0.1) is 33.2 Å². The first-order chi connectivity index (χ1) is 21.4. The molecule has 1 amide bonds. The molecule has 0 radical (unpaired) electrons. The molecule has 0 aliphatic carbocycles. The van der Waals surface area contributed by atoms with Crippen LogP contribution >= 0.6 is 11.6 Å². The van der Waals surface area contributed by atoms with Crippen LogP contribution in [0.4, 0.5) is 10.2 Å². The highest BCUT2D eigenvalue weighted by molar-refractivity contribution is 6.33. The molecule has 236 valence electrons. The number of hydrogen-bond acceptors (Lipinski definition) is 7. The van der Waals surface area contributed by atoms with E-state index in [0.29, 0.717) is 53.6 Å². The summed E-state index contributed by atoms with van der Waals surface area (Å²) in [6.45, 7) is 18.5. The monoisotopic (exact) mass is 631 g/mol. The molecule has 0 spiro atoms. The van der Waals surface area contributed by atoms with E-state index in [1.54, 1.807) is 29.2 Å². The van der Waals surface area contributed by atoms with Gasteiger partial charge in [0.25, 0.3) is 0 Å². The van der Waals surface area contributed by atoms with E-state index < -0.39 is 11.5 Å². The van der Waals surface area contributed by atoms with E-state index in [2.05, 4.69) is 11.6 Å². The van der Waals surface area contributed by atoms with Crippen molar-refractivity contribution in [3.05, 3.63) is 81.5 Å². The van der Waals surface area contributed by atoms with E-state index in [-0.39, 0.29) is 51.8 Å². The fraction of sp³-hybridized carbons (Fsp3) is 0.412. The summed E-state index contributed by atoms with van der Waals surface area (Å²) < 4.78 is 16.6. The molecule has 1 saturated heterocycles. The number of amides is 1. The number of fused-ring (bicyclic) bond motifs is 1. The molecule has 4 aromatic rings. The number of anilines is 1. The smallest absolute Gasteiger partial charge is 0.349 e. The number of nitrogens with zero attached hydrogens (tertiary/aromatic N) is 7. The Balaban J connectivity index is 1.88. The maximum atomic E-state index is 15.1. The van der Waals surface area contributed by atoms with Gasteiger partial charge in [-0.15, -0.1) is 0 Å². The minimum Gasteiger partial charge on any atom is -0.349 e. The van der Waals surface area contributed by atoms with Gasteiger partial charge in [-0.3, -0.25) is 4.79 Å². The van der Waals surface area contributed by atoms with Crippen LogP contribution in [0.3, 0.4) is 0 Å². The second kappa shape index (κ2) is 12.7. The summed E-state index contributed by atoms with van der Waals surface area (Å²) in [5, 5.41) is 0.735. The molecule has 0 saturated carbocycles. The van der Waals surface area contributed by atoms with Crippen molar-refractivity contribution < 1.29 is 9.18 Å². The van der Waals surface area contributed by atoms with Crippen molar-refractivity contribution in [2.45, 2.75) is 78.8 Å². The molecule has 2 unspecified atom stereocenters. The molecule has 11 heteroatoms. The summed E-state index contributed by atoms with van der Waals surface area (Å²) in [4.78, 5) is 50.0. The molecular formula is C34H39ClFN7O2. The van der Waals surface area contributed by atoms with Crippen LogP contribution in [-0.2, 0) is 11.2 Å². The average molecular weight is 632 g/mol. The minimum atomic E-state index is -0.562. The van der Waals surface area contributed by atoms with E-state index in [1.807, 2.05) is 53.4 Å². The highest BCUT2D eigenvalue weighted by Crippen LogP contribution is 2.37. The lowest BCUT2D eigenvalue weighted by molar-refractivity contribution is -0.128. The van der Waals surface area contributed by atoms with Crippen molar-refractivity contribution in [3.63, 3.8) is 0 Å². The lowest BCUT2D eigenvalue weighted by atomic mass is 10.0. The van der Waals surface area contributed by atoms with Crippen LogP contribution in [0.5, 0.6) is 0 Å². The maximum absolute atomic E-state index is 15.1. The molecule has 1 fully saturated rings. The molecule has 4 heterocycles. The van der Waals surface area contributed by atoms with Gasteiger partial charge in [-0.2, -0.15) is 4.98 Å². The zero-order valence-electron chi connectivity index (χ0n) is 26.8. The van der Waals surface area contributed by atoms with E-state index in [9.17, 15) is 9.59 Å². The lowest BCUT2D eigenvalue weighted by Gasteiger charge is -2.44. The Bertz CT molecular complexity index is 1830. The molecule has 45 heavy (non-hydrogen) atoms. The topological polar surface area (TPSA) is 97.1 Å². The largest absolute Gasteiger partial charge is 0.355 e. The van der Waals surface area contributed by atoms with E-state index in [0.717, 1.165) is 0 Å². The van der Waals surface area contributed by atoms with Crippen molar-refractivity contribution >= 4 is 34.4 Å². The van der Waals surface area contributed by atoms with Crippen molar-refractivity contribution in [2.75, 3.05) is 18.0 Å². The number of rotatable bonds is 7. The predicted molar refractivity (Wildman–Crippen MR) is 177 cm³/mol. The predicted octanol–water partition coefficient (Wildman–Crippen LogP) is 6.45. The lowest BCUT2D eigenvalue weighted by Crippen LogP contribution is -2.58. The van der Waals surface area contributed by atoms with Crippen molar-refractivity contribution in [1.82, 2.24) is 29.4 Å². The third kappa shape index (κ3) is 5.83. The molecule has 0 bridgehead atoms. The number of halogens is 2. The Hall–Kier alpha value is -4.18. The van der Waals surface area contributed by atoms with Crippen LogP contribution in [0.1, 0.15) is 77.5 Å². The van der Waals surface area contributed by atoms with Gasteiger partial charge in [-0.05, 0) is 50.0 Å². The Labute approximate surface area is 267 Å². The van der Waals surface area contributed by atoms with Crippen LogP contribution in [0, 0.1) is 5.82 Å². The van der Waals surface area contributed by atoms with Crippen LogP contribution < -0.4 is 10.6 Å². The molecule has 1 aliphatic heterocycles. The number of carbonyl (C=O) groups is 1. The molecule has 3 aromatic heterocycles. The number of hydrogen-bond donors (Lipinski definition) is 0. The Morgan fingerprint density at radius 1 is 1.04 bits per heavy atom. The molecule has 9 nitrogen and oxygen atoms in total. The first-order valence-electron chi connectivity index (χ1n) is 15.4. The van der Waals surface area contributed by atoms with Gasteiger partial charge in [0.15, 0.2) is 5.65 Å². The third-order valence-electron chi connectivity index (χ3n) is 8.26. The second-order valence-corrected chi connectivity index (χ2v) is 12.6. The number of piperazine rings is 1. The summed E-state index contributed by atoms with van der Waals surface area (Å²) in [5.74, 6) is 0.338. The van der Waals surface area contributed by atoms with Gasteiger partial charge in [0.2, 0.25) is 5.91 Å². The molecular weight excluding hydrogens is 593 g/mol. The maximum Gasteiger partial charge on any atom is 0.355 e. The van der Waals surface area contributed by atoms with E-state index >= 15 is 4.39 Å². The molecule has 5 rings (SSSR count). The van der Waals surface area contributed by atoms with Gasteiger partial charge >= 0.3 is 5.69 Å². The molecule has 1 aromatic carbocycles. The van der Waals surface area contributed by atoms with Crippen LogP contribution in [-0.4, -0.2) is 60.5 Å². The van der Waals surface area contributed by atoms with Gasteiger partial charge in [0, 0.05) is 37.2 Å². The average Bonchev–Trinajstić information content (AvgIpc) is 3.01. The first kappa shape index (κ1) is 32.2. The summed E-state index contributed by atoms with van der Waals surface area (Å²) in [7, 11) is 0. The standard InChI is InChI=1S/C34H39ClFN7O2/c1-9-26-37-28(18(3)4)31(29(38-26)19(5)6)43-33-23(15-24(35)30(39-33)22-13-11-12-14-25(22)36)32(40-34(43)45)42-17-20(7)41(16-21(42)8)27(44)10-2/h10-15,18-21H,2,9,16-17H2,1,3-8H3. The SMILES string of the molecule is C=CC(=O)N1CC(C)N(c2nc(=O)n(-c3c(C(C)C)nc(CC)nc3C(C)C)c3nc(-c4ccccc4F)c(Cl)cc23)CC1C. The summed E-state index contributed by atoms with van der Waals surface area (Å²) >= 11 is 6.86. The first-order valence-corrected chi connectivity index (χ1v) is 15.7. The number of pyridine rings is 1. The minimum absolute atomic E-state index is 0.0536. The third-order valence-corrected chi connectivity index (χ3v) is 8.55. The molecule has 0 N–H and O–H groups in total. The zero-order valence-corrected chi connectivity index (χ0v) is 27.6. The van der Waals surface area contributed by atoms with Crippen molar-refractivity contribution in [2.24, 2.45) is 0 Å². The molecule has 1 aliphatic rings. The zero-order chi connectivity index (χ0) is 32.7. The Kier molecular flexibility index (Phi) is 9.07. The summed E-state index contributed by atoms with van der Waals surface area (Å²) in [5.41, 5.74) is 2.06. The van der Waals surface area contributed by atoms with Gasteiger partial charge in [-0.1, -0.05) is 64.9 Å². The summed E-state index contributed by atoms with van der Waals surface area (Å²) in [6.07, 6.45) is 1.94. The number of carbonyl (C=O) groups excluding carboxylic acids is 1.